The van der Waals surface area contributed by atoms with Crippen LogP contribution in [0.3, 0.4) is 0 Å². The quantitative estimate of drug-likeness (QED) is 0.535. The average Bonchev–Trinajstić information content (AvgIpc) is 3.21. The van der Waals surface area contributed by atoms with Gasteiger partial charge in [0.15, 0.2) is 6.04 Å². The van der Waals surface area contributed by atoms with Gasteiger partial charge in [-0.15, -0.1) is 0 Å². The second-order valence-electron chi connectivity index (χ2n) is 9.22. The molecule has 0 N–H and O–H groups in total. The molecule has 5 rings (SSSR count). The average molecular weight is 435 g/mol. The van der Waals surface area contributed by atoms with Crippen LogP contribution in [-0.2, 0) is 19.1 Å². The monoisotopic (exact) mass is 435 g/mol. The van der Waals surface area contributed by atoms with Gasteiger partial charge >= 0.3 is 5.97 Å². The van der Waals surface area contributed by atoms with Crippen molar-refractivity contribution in [3.05, 3.63) is 65.5 Å². The lowest BCUT2D eigenvalue weighted by atomic mass is 9.85. The fourth-order valence-corrected chi connectivity index (χ4v) is 4.85. The highest BCUT2D eigenvalue weighted by atomic mass is 19.1. The van der Waals surface area contributed by atoms with Gasteiger partial charge in [0, 0.05) is 0 Å². The van der Waals surface area contributed by atoms with Gasteiger partial charge in [-0.2, -0.15) is 5.10 Å². The van der Waals surface area contributed by atoms with Crippen molar-refractivity contribution in [1.82, 2.24) is 5.01 Å². The molecule has 7 nitrogen and oxygen atoms in total. The van der Waals surface area contributed by atoms with Gasteiger partial charge in [-0.25, -0.2) is 14.1 Å². The molecule has 0 spiro atoms. The predicted octanol–water partition coefficient (Wildman–Crippen LogP) is 3.05. The number of anilines is 1. The highest BCUT2D eigenvalue weighted by molar-refractivity contribution is 6.23. The number of imide groups is 1. The van der Waals surface area contributed by atoms with E-state index in [0.29, 0.717) is 0 Å². The molecule has 8 heteroatoms. The molecule has 2 aromatic carbocycles. The van der Waals surface area contributed by atoms with Crippen molar-refractivity contribution in [2.24, 2.45) is 16.9 Å². The first-order valence-corrected chi connectivity index (χ1v) is 10.4. The van der Waals surface area contributed by atoms with Gasteiger partial charge in [0.2, 0.25) is 11.8 Å². The summed E-state index contributed by atoms with van der Waals surface area (Å²) in [6, 6.07) is 11.0. The highest BCUT2D eigenvalue weighted by Gasteiger charge is 2.66. The molecule has 0 unspecified atom stereocenters. The predicted molar refractivity (Wildman–Crippen MR) is 114 cm³/mol. The van der Waals surface area contributed by atoms with Crippen LogP contribution in [0, 0.1) is 17.7 Å². The third-order valence-corrected chi connectivity index (χ3v) is 6.03. The summed E-state index contributed by atoms with van der Waals surface area (Å²) in [4.78, 5) is 41.4. The summed E-state index contributed by atoms with van der Waals surface area (Å²) in [7, 11) is 0. The first-order valence-electron chi connectivity index (χ1n) is 10.4. The third kappa shape index (κ3) is 3.01. The molecule has 164 valence electrons. The van der Waals surface area contributed by atoms with Crippen molar-refractivity contribution in [1.29, 1.82) is 0 Å². The maximum atomic E-state index is 13.6. The molecule has 2 fully saturated rings. The van der Waals surface area contributed by atoms with Gasteiger partial charge in [-0.3, -0.25) is 14.6 Å². The number of hydrazone groups is 1. The minimum absolute atomic E-state index is 0.276. The summed E-state index contributed by atoms with van der Waals surface area (Å²) < 4.78 is 19.1. The van der Waals surface area contributed by atoms with E-state index in [-0.39, 0.29) is 5.69 Å². The summed E-state index contributed by atoms with van der Waals surface area (Å²) in [5.74, 6) is -3.79. The van der Waals surface area contributed by atoms with E-state index in [9.17, 15) is 18.8 Å². The fraction of sp³-hybridized carbons (Fsp3) is 0.333. The van der Waals surface area contributed by atoms with Crippen LogP contribution in [0.2, 0.25) is 0 Å². The molecule has 0 saturated carbocycles. The van der Waals surface area contributed by atoms with Crippen molar-refractivity contribution in [3.63, 3.8) is 0 Å². The number of esters is 1. The van der Waals surface area contributed by atoms with Gasteiger partial charge in [0.05, 0.1) is 29.8 Å². The van der Waals surface area contributed by atoms with Crippen LogP contribution in [0.5, 0.6) is 0 Å². The van der Waals surface area contributed by atoms with E-state index in [0.717, 1.165) is 16.0 Å². The maximum Gasteiger partial charge on any atom is 0.331 e. The largest absolute Gasteiger partial charge is 0.458 e. The molecule has 2 amide bonds. The van der Waals surface area contributed by atoms with Crippen LogP contribution in [0.25, 0.3) is 0 Å². The van der Waals surface area contributed by atoms with Crippen molar-refractivity contribution in [3.8, 4) is 0 Å². The number of carbonyl (C=O) groups is 3. The lowest BCUT2D eigenvalue weighted by Crippen LogP contribution is -2.46. The number of hydrogen-bond donors (Lipinski definition) is 0. The number of fused-ring (bicyclic) bond motifs is 5. The Balaban J connectivity index is 1.62. The Morgan fingerprint density at radius 1 is 1.00 bits per heavy atom. The van der Waals surface area contributed by atoms with E-state index in [1.165, 1.54) is 24.3 Å². The summed E-state index contributed by atoms with van der Waals surface area (Å²) in [5, 5.41) is 6.01. The van der Waals surface area contributed by atoms with Crippen LogP contribution in [0.15, 0.2) is 53.6 Å². The van der Waals surface area contributed by atoms with Gasteiger partial charge in [-0.1, -0.05) is 24.3 Å². The maximum absolute atomic E-state index is 13.6. The Kier molecular flexibility index (Phi) is 4.44. The number of nitrogens with zero attached hydrogens (tertiary/aromatic N) is 3. The first-order chi connectivity index (χ1) is 15.2. The van der Waals surface area contributed by atoms with E-state index < -0.39 is 53.1 Å². The molecule has 3 aliphatic rings. The summed E-state index contributed by atoms with van der Waals surface area (Å²) in [6.07, 6.45) is 1.64. The van der Waals surface area contributed by atoms with E-state index in [1.54, 1.807) is 32.0 Å². The first kappa shape index (κ1) is 20.4. The van der Waals surface area contributed by atoms with Crippen molar-refractivity contribution in [2.45, 2.75) is 38.5 Å². The molecule has 0 bridgehead atoms. The van der Waals surface area contributed by atoms with E-state index in [2.05, 4.69) is 5.10 Å². The van der Waals surface area contributed by atoms with Crippen LogP contribution in [-0.4, -0.2) is 40.7 Å². The molecular formula is C24H22FN3O4. The molecule has 32 heavy (non-hydrogen) atoms. The molecule has 3 heterocycles. The standard InChI is InChI=1S/C24H22FN3O4/c1-24(2,3)32-23(31)20-18-17(19-16-7-5-4-6-13(16)12-26-28(19)20)21(29)27(22(18)30)15-10-8-14(25)9-11-15/h4-12,17-20H,1-3H3/t17-,18+,19+,20+/m0/s1. The van der Waals surface area contributed by atoms with E-state index in [1.807, 2.05) is 24.3 Å². The fourth-order valence-electron chi connectivity index (χ4n) is 4.85. The molecule has 3 aliphatic heterocycles. The van der Waals surface area contributed by atoms with Crippen molar-refractivity contribution < 1.29 is 23.5 Å². The lowest BCUT2D eigenvalue weighted by molar-refractivity contribution is -0.163. The molecule has 0 aromatic heterocycles. The number of benzene rings is 2. The number of hydrogen-bond acceptors (Lipinski definition) is 6. The van der Waals surface area contributed by atoms with Crippen molar-refractivity contribution >= 4 is 29.7 Å². The summed E-state index contributed by atoms with van der Waals surface area (Å²) >= 11 is 0. The Bertz CT molecular complexity index is 1150. The highest BCUT2D eigenvalue weighted by Crippen LogP contribution is 2.52. The van der Waals surface area contributed by atoms with Gasteiger partial charge < -0.3 is 4.74 Å². The number of carbonyl (C=O) groups excluding carboxylic acids is 3. The zero-order valence-corrected chi connectivity index (χ0v) is 17.9. The van der Waals surface area contributed by atoms with Gasteiger partial charge in [0.25, 0.3) is 0 Å². The second-order valence-corrected chi connectivity index (χ2v) is 9.22. The van der Waals surface area contributed by atoms with Crippen LogP contribution < -0.4 is 4.90 Å². The van der Waals surface area contributed by atoms with Crippen molar-refractivity contribution in [2.75, 3.05) is 4.90 Å². The molecule has 4 atom stereocenters. The number of amides is 2. The number of halogens is 1. The molecule has 0 aliphatic carbocycles. The molecule has 0 radical (unpaired) electrons. The zero-order chi connectivity index (χ0) is 22.8. The Hall–Kier alpha value is -3.55. The number of rotatable bonds is 2. The van der Waals surface area contributed by atoms with Gasteiger partial charge in [-0.05, 0) is 56.2 Å². The normalized spacial score (nSPS) is 26.1. The SMILES string of the molecule is CC(C)(C)OC(=O)[C@H]1[C@@H]2C(=O)N(c3ccc(F)cc3)C(=O)[C@@H]2[C@H]2c3ccccc3C=NN21. The zero-order valence-electron chi connectivity index (χ0n) is 17.9. The minimum Gasteiger partial charge on any atom is -0.458 e. The van der Waals surface area contributed by atoms with Gasteiger partial charge in [0.1, 0.15) is 11.4 Å². The molecule has 2 saturated heterocycles. The molecular weight excluding hydrogens is 413 g/mol. The van der Waals surface area contributed by atoms with Crippen LogP contribution in [0.1, 0.15) is 37.9 Å². The number of ether oxygens (including phenoxy) is 1. The topological polar surface area (TPSA) is 79.3 Å². The molecule has 2 aromatic rings. The Morgan fingerprint density at radius 2 is 1.66 bits per heavy atom. The Labute approximate surface area is 184 Å². The smallest absolute Gasteiger partial charge is 0.331 e. The minimum atomic E-state index is -1.05. The lowest BCUT2D eigenvalue weighted by Gasteiger charge is -2.34. The van der Waals surface area contributed by atoms with Crippen LogP contribution >= 0.6 is 0 Å². The van der Waals surface area contributed by atoms with E-state index >= 15 is 0 Å². The van der Waals surface area contributed by atoms with E-state index in [4.69, 9.17) is 4.74 Å². The third-order valence-electron chi connectivity index (χ3n) is 6.03. The Morgan fingerprint density at radius 3 is 2.34 bits per heavy atom. The summed E-state index contributed by atoms with van der Waals surface area (Å²) in [6.45, 7) is 5.24. The van der Waals surface area contributed by atoms with Crippen LogP contribution in [0.4, 0.5) is 10.1 Å². The summed E-state index contributed by atoms with van der Waals surface area (Å²) in [5.41, 5.74) is 1.16. The second kappa shape index (κ2) is 6.98.